The van der Waals surface area contributed by atoms with Crippen LogP contribution < -0.4 is 15.8 Å². The average molecular weight is 224 g/mol. The molecule has 1 rings (SSSR count). The fourth-order valence-electron chi connectivity index (χ4n) is 1.23. The normalized spacial score (nSPS) is 11.4. The number of aromatic nitrogens is 1. The Bertz CT molecular complexity index is 354. The van der Waals surface area contributed by atoms with E-state index in [1.54, 1.807) is 13.3 Å². The predicted octanol–water partition coefficient (Wildman–Crippen LogP) is 0.316. The van der Waals surface area contributed by atoms with Gasteiger partial charge in [0.25, 0.3) is 0 Å². The van der Waals surface area contributed by atoms with Crippen LogP contribution in [0.25, 0.3) is 0 Å². The maximum absolute atomic E-state index is 8.34. The molecule has 4 N–H and O–H groups in total. The van der Waals surface area contributed by atoms with Crippen LogP contribution in [0.2, 0.25) is 0 Å². The molecule has 0 fully saturated rings. The second-order valence-corrected chi connectivity index (χ2v) is 3.19. The second-order valence-electron chi connectivity index (χ2n) is 3.19. The van der Waals surface area contributed by atoms with Crippen LogP contribution in [-0.4, -0.2) is 29.7 Å². The number of nitrogens with zero attached hydrogens (tertiary/aromatic N) is 2. The van der Waals surface area contributed by atoms with E-state index in [1.165, 1.54) is 0 Å². The van der Waals surface area contributed by atoms with Crippen LogP contribution in [0, 0.1) is 0 Å². The molecule has 0 aromatic carbocycles. The third-order valence-electron chi connectivity index (χ3n) is 2.05. The molecule has 88 valence electrons. The zero-order valence-corrected chi connectivity index (χ0v) is 9.18. The number of nitrogens with one attached hydrogen (secondary N) is 1. The number of rotatable bonds is 6. The van der Waals surface area contributed by atoms with Crippen LogP contribution in [0.1, 0.15) is 12.0 Å². The minimum Gasteiger partial charge on any atom is -0.481 e. The summed E-state index contributed by atoms with van der Waals surface area (Å²) in [6.07, 6.45) is 2.18. The van der Waals surface area contributed by atoms with Crippen LogP contribution in [0.4, 0.5) is 0 Å². The van der Waals surface area contributed by atoms with E-state index in [0.29, 0.717) is 25.4 Å². The van der Waals surface area contributed by atoms with Crippen molar-refractivity contribution in [2.75, 3.05) is 13.7 Å². The van der Waals surface area contributed by atoms with Gasteiger partial charge in [-0.25, -0.2) is 4.98 Å². The Hall–Kier alpha value is -1.82. The first-order valence-electron chi connectivity index (χ1n) is 4.93. The van der Waals surface area contributed by atoms with Gasteiger partial charge in [0.1, 0.15) is 5.84 Å². The molecule has 0 bridgehead atoms. The number of methoxy groups -OCH3 is 1. The Kier molecular flexibility index (Phi) is 5.07. The van der Waals surface area contributed by atoms with Gasteiger partial charge >= 0.3 is 0 Å². The van der Waals surface area contributed by atoms with Crippen molar-refractivity contribution in [2.45, 2.75) is 13.0 Å². The van der Waals surface area contributed by atoms with Gasteiger partial charge in [0, 0.05) is 31.3 Å². The lowest BCUT2D eigenvalue weighted by atomic mass is 10.2. The molecular weight excluding hydrogens is 208 g/mol. The highest BCUT2D eigenvalue weighted by molar-refractivity contribution is 5.79. The van der Waals surface area contributed by atoms with Gasteiger partial charge in [-0.15, -0.1) is 0 Å². The molecule has 0 saturated heterocycles. The Morgan fingerprint density at radius 1 is 1.69 bits per heavy atom. The molecule has 0 radical (unpaired) electrons. The molecule has 0 atom stereocenters. The third-order valence-corrected chi connectivity index (χ3v) is 2.05. The molecule has 1 heterocycles. The van der Waals surface area contributed by atoms with E-state index < -0.39 is 0 Å². The number of pyridine rings is 1. The summed E-state index contributed by atoms with van der Waals surface area (Å²) in [6, 6.07) is 3.78. The molecule has 0 aliphatic heterocycles. The Morgan fingerprint density at radius 3 is 3.19 bits per heavy atom. The van der Waals surface area contributed by atoms with Crippen molar-refractivity contribution in [1.29, 1.82) is 0 Å². The van der Waals surface area contributed by atoms with Gasteiger partial charge in [-0.1, -0.05) is 11.2 Å². The highest BCUT2D eigenvalue weighted by Gasteiger charge is 2.02. The molecule has 6 nitrogen and oxygen atoms in total. The molecule has 0 saturated carbocycles. The Morgan fingerprint density at radius 2 is 2.50 bits per heavy atom. The lowest BCUT2D eigenvalue weighted by Crippen LogP contribution is -2.22. The molecule has 0 aliphatic carbocycles. The van der Waals surface area contributed by atoms with Crippen LogP contribution >= 0.6 is 0 Å². The van der Waals surface area contributed by atoms with Gasteiger partial charge in [-0.05, 0) is 6.07 Å². The molecular formula is C10H16N4O2. The Labute approximate surface area is 94.1 Å². The summed E-state index contributed by atoms with van der Waals surface area (Å²) in [5.41, 5.74) is 6.31. The highest BCUT2D eigenvalue weighted by Crippen LogP contribution is 2.12. The number of hydrogen-bond acceptors (Lipinski definition) is 5. The molecule has 0 unspecified atom stereocenters. The average Bonchev–Trinajstić information content (AvgIpc) is 2.34. The summed E-state index contributed by atoms with van der Waals surface area (Å²) in [7, 11) is 1.59. The van der Waals surface area contributed by atoms with Crippen molar-refractivity contribution in [2.24, 2.45) is 10.9 Å². The lowest BCUT2D eigenvalue weighted by molar-refractivity contribution is 0.316. The van der Waals surface area contributed by atoms with Crippen LogP contribution in [0.15, 0.2) is 23.5 Å². The van der Waals surface area contributed by atoms with E-state index in [0.717, 1.165) is 5.56 Å². The maximum Gasteiger partial charge on any atom is 0.217 e. The molecule has 0 spiro atoms. The Balaban J connectivity index is 2.37. The number of nitrogens with two attached hydrogens (primary N) is 1. The standard InChI is InChI=1S/C10H16N4O2/c1-16-10-8(3-2-5-13-10)7-12-6-4-9(11)14-15/h2-3,5,12,15H,4,6-7H2,1H3,(H2,11,14). The smallest absolute Gasteiger partial charge is 0.217 e. The second kappa shape index (κ2) is 6.62. The van der Waals surface area contributed by atoms with Crippen molar-refractivity contribution < 1.29 is 9.94 Å². The van der Waals surface area contributed by atoms with Crippen molar-refractivity contribution in [3.05, 3.63) is 23.9 Å². The number of amidine groups is 1. The summed E-state index contributed by atoms with van der Waals surface area (Å²) >= 11 is 0. The van der Waals surface area contributed by atoms with Crippen molar-refractivity contribution in [1.82, 2.24) is 10.3 Å². The van der Waals surface area contributed by atoms with Crippen LogP contribution in [0.3, 0.4) is 0 Å². The monoisotopic (exact) mass is 224 g/mol. The summed E-state index contributed by atoms with van der Waals surface area (Å²) in [5, 5.41) is 14.4. The minimum absolute atomic E-state index is 0.214. The fourth-order valence-corrected chi connectivity index (χ4v) is 1.23. The van der Waals surface area contributed by atoms with E-state index in [4.69, 9.17) is 15.7 Å². The fraction of sp³-hybridized carbons (Fsp3) is 0.400. The first-order valence-corrected chi connectivity index (χ1v) is 4.93. The summed E-state index contributed by atoms with van der Waals surface area (Å²) in [6.45, 7) is 1.27. The van der Waals surface area contributed by atoms with Crippen molar-refractivity contribution >= 4 is 5.84 Å². The van der Waals surface area contributed by atoms with E-state index >= 15 is 0 Å². The molecule has 0 aliphatic rings. The zero-order chi connectivity index (χ0) is 11.8. The quantitative estimate of drug-likeness (QED) is 0.213. The minimum atomic E-state index is 0.214. The maximum atomic E-state index is 8.34. The summed E-state index contributed by atoms with van der Waals surface area (Å²) in [4.78, 5) is 4.08. The molecule has 1 aromatic heterocycles. The van der Waals surface area contributed by atoms with Gasteiger partial charge in [0.2, 0.25) is 5.88 Å². The third kappa shape index (κ3) is 3.74. The molecule has 0 amide bonds. The molecule has 1 aromatic rings. The van der Waals surface area contributed by atoms with Gasteiger partial charge in [0.05, 0.1) is 7.11 Å². The largest absolute Gasteiger partial charge is 0.481 e. The number of hydrogen-bond donors (Lipinski definition) is 3. The van der Waals surface area contributed by atoms with Gasteiger partial charge in [-0.3, -0.25) is 0 Å². The summed E-state index contributed by atoms with van der Waals surface area (Å²) < 4.78 is 5.11. The van der Waals surface area contributed by atoms with E-state index in [-0.39, 0.29) is 5.84 Å². The van der Waals surface area contributed by atoms with Crippen LogP contribution in [0.5, 0.6) is 5.88 Å². The molecule has 6 heteroatoms. The summed E-state index contributed by atoms with van der Waals surface area (Å²) in [5.74, 6) is 0.824. The van der Waals surface area contributed by atoms with Crippen molar-refractivity contribution in [3.8, 4) is 5.88 Å². The van der Waals surface area contributed by atoms with Gasteiger partial charge in [0.15, 0.2) is 0 Å². The predicted molar refractivity (Wildman–Crippen MR) is 60.5 cm³/mol. The van der Waals surface area contributed by atoms with Gasteiger partial charge < -0.3 is 21.0 Å². The van der Waals surface area contributed by atoms with E-state index in [9.17, 15) is 0 Å². The zero-order valence-electron chi connectivity index (χ0n) is 9.18. The first kappa shape index (κ1) is 12.3. The molecule has 16 heavy (non-hydrogen) atoms. The van der Waals surface area contributed by atoms with Gasteiger partial charge in [-0.2, -0.15) is 0 Å². The SMILES string of the molecule is COc1ncccc1CNCCC(N)=NO. The van der Waals surface area contributed by atoms with E-state index in [2.05, 4.69) is 15.5 Å². The van der Waals surface area contributed by atoms with Crippen molar-refractivity contribution in [3.63, 3.8) is 0 Å². The van der Waals surface area contributed by atoms with Crippen LogP contribution in [-0.2, 0) is 6.54 Å². The first-order chi connectivity index (χ1) is 7.77. The lowest BCUT2D eigenvalue weighted by Gasteiger charge is -2.07. The number of oxime groups is 1. The number of ether oxygens (including phenoxy) is 1. The van der Waals surface area contributed by atoms with E-state index in [1.807, 2.05) is 12.1 Å². The topological polar surface area (TPSA) is 92.8 Å². The highest BCUT2D eigenvalue weighted by atomic mass is 16.5.